The Morgan fingerprint density at radius 1 is 0.974 bits per heavy atom. The number of nitrogens with one attached hydrogen (secondary N) is 3. The number of urea groups is 1. The molecular weight excluding hydrogens is 486 g/mol. The summed E-state index contributed by atoms with van der Waals surface area (Å²) in [6, 6.07) is 17.5. The number of Topliss-reactive ketones (excluding diaryl/α,β-unsaturated/α-hetero) is 1. The Hall–Kier alpha value is -3.45. The Balaban J connectivity index is 1.37. The third kappa shape index (κ3) is 6.25. The minimum atomic E-state index is -0.343. The molecule has 5 rings (SSSR count). The van der Waals surface area contributed by atoms with Gasteiger partial charge in [0.15, 0.2) is 0 Å². The van der Waals surface area contributed by atoms with Crippen LogP contribution in [-0.2, 0) is 10.2 Å². The Bertz CT molecular complexity index is 1310. The van der Waals surface area contributed by atoms with Crippen LogP contribution in [0.25, 0.3) is 5.69 Å². The van der Waals surface area contributed by atoms with Crippen LogP contribution in [0.1, 0.15) is 75.6 Å². The van der Waals surface area contributed by atoms with E-state index in [-0.39, 0.29) is 23.3 Å². The number of aromatic nitrogens is 2. The van der Waals surface area contributed by atoms with Gasteiger partial charge in [0.25, 0.3) is 0 Å². The average molecular weight is 528 g/mol. The Labute approximate surface area is 231 Å². The van der Waals surface area contributed by atoms with E-state index in [1.54, 1.807) is 4.68 Å². The summed E-state index contributed by atoms with van der Waals surface area (Å²) in [6.45, 7) is 10.3. The highest BCUT2D eigenvalue weighted by Gasteiger charge is 2.37. The van der Waals surface area contributed by atoms with Gasteiger partial charge in [0, 0.05) is 29.0 Å². The van der Waals surface area contributed by atoms with Crippen LogP contribution in [0.2, 0.25) is 0 Å². The zero-order valence-corrected chi connectivity index (χ0v) is 23.6. The molecule has 2 amide bonds. The summed E-state index contributed by atoms with van der Waals surface area (Å²) in [7, 11) is 0. The maximum Gasteiger partial charge on any atom is 0.324 e. The third-order valence-electron chi connectivity index (χ3n) is 8.17. The van der Waals surface area contributed by atoms with E-state index in [0.717, 1.165) is 67.7 Å². The van der Waals surface area contributed by atoms with E-state index in [1.807, 2.05) is 55.5 Å². The zero-order valence-electron chi connectivity index (χ0n) is 23.6. The number of ketones is 1. The molecule has 206 valence electrons. The molecule has 1 saturated carbocycles. The first-order valence-electron chi connectivity index (χ1n) is 14.3. The first kappa shape index (κ1) is 27.1. The lowest BCUT2D eigenvalue weighted by atomic mass is 9.70. The summed E-state index contributed by atoms with van der Waals surface area (Å²) in [4.78, 5) is 26.8. The number of nitrogens with zero attached hydrogens (tertiary/aromatic N) is 2. The van der Waals surface area contributed by atoms with Gasteiger partial charge in [0.1, 0.15) is 11.6 Å². The van der Waals surface area contributed by atoms with E-state index in [0.29, 0.717) is 23.2 Å². The zero-order chi connectivity index (χ0) is 27.6. The van der Waals surface area contributed by atoms with Crippen LogP contribution in [0.15, 0.2) is 54.6 Å². The van der Waals surface area contributed by atoms with Crippen molar-refractivity contribution >= 4 is 23.3 Å². The van der Waals surface area contributed by atoms with Crippen molar-refractivity contribution in [2.75, 3.05) is 23.7 Å². The number of hydrogen-bond donors (Lipinski definition) is 3. The van der Waals surface area contributed by atoms with Gasteiger partial charge in [-0.3, -0.25) is 10.1 Å². The minimum absolute atomic E-state index is 0.112. The summed E-state index contributed by atoms with van der Waals surface area (Å²) in [5.74, 6) is 1.39. The molecule has 7 heteroatoms. The van der Waals surface area contributed by atoms with Gasteiger partial charge in [-0.05, 0) is 81.4 Å². The molecule has 1 unspecified atom stereocenters. The molecular formula is C32H41N5O2. The number of carbonyl (C=O) groups excluding carboxylic acids is 2. The van der Waals surface area contributed by atoms with Crippen molar-refractivity contribution in [1.82, 2.24) is 15.1 Å². The summed E-state index contributed by atoms with van der Waals surface area (Å²) >= 11 is 0. The van der Waals surface area contributed by atoms with Crippen LogP contribution in [0.3, 0.4) is 0 Å². The molecule has 2 fully saturated rings. The molecule has 1 aromatic heterocycles. The molecule has 39 heavy (non-hydrogen) atoms. The monoisotopic (exact) mass is 527 g/mol. The predicted octanol–water partition coefficient (Wildman–Crippen LogP) is 6.57. The maximum absolute atomic E-state index is 13.5. The fraction of sp³-hybridized carbons (Fsp3) is 0.469. The third-order valence-corrected chi connectivity index (χ3v) is 8.17. The van der Waals surface area contributed by atoms with Crippen molar-refractivity contribution in [1.29, 1.82) is 0 Å². The van der Waals surface area contributed by atoms with Gasteiger partial charge in [0.05, 0.1) is 11.4 Å². The normalized spacial score (nSPS) is 17.3. The highest BCUT2D eigenvalue weighted by atomic mass is 16.2. The SMILES string of the molecule is Cc1ccc(-n2nc(C(C)(C)C)cc2NC(=O)Nc2cccc(C(C(=O)C3CCC3)C3CCNCC3)c2)cc1. The smallest absolute Gasteiger partial charge is 0.317 e. The molecule has 3 N–H and O–H groups in total. The molecule has 3 aromatic rings. The van der Waals surface area contributed by atoms with Crippen molar-refractivity contribution in [3.63, 3.8) is 0 Å². The van der Waals surface area contributed by atoms with Crippen LogP contribution >= 0.6 is 0 Å². The number of rotatable bonds is 7. The van der Waals surface area contributed by atoms with Gasteiger partial charge < -0.3 is 10.6 Å². The number of aryl methyl sites for hydroxylation is 1. The number of piperidine rings is 1. The minimum Gasteiger partial charge on any atom is -0.317 e. The average Bonchev–Trinajstić information content (AvgIpc) is 3.29. The fourth-order valence-electron chi connectivity index (χ4n) is 5.60. The topological polar surface area (TPSA) is 88.1 Å². The van der Waals surface area contributed by atoms with Crippen LogP contribution in [0.4, 0.5) is 16.3 Å². The second kappa shape index (κ2) is 11.3. The van der Waals surface area contributed by atoms with Crippen molar-refractivity contribution < 1.29 is 9.59 Å². The number of amides is 2. The largest absolute Gasteiger partial charge is 0.324 e. The highest BCUT2D eigenvalue weighted by Crippen LogP contribution is 2.40. The molecule has 1 saturated heterocycles. The van der Waals surface area contributed by atoms with Crippen molar-refractivity contribution in [3.8, 4) is 5.69 Å². The van der Waals surface area contributed by atoms with E-state index in [2.05, 4.69) is 42.8 Å². The van der Waals surface area contributed by atoms with E-state index in [9.17, 15) is 9.59 Å². The van der Waals surface area contributed by atoms with Crippen molar-refractivity contribution in [2.24, 2.45) is 11.8 Å². The number of benzene rings is 2. The van der Waals surface area contributed by atoms with Crippen LogP contribution in [0, 0.1) is 18.8 Å². The summed E-state index contributed by atoms with van der Waals surface area (Å²) in [5.41, 5.74) is 4.45. The Morgan fingerprint density at radius 3 is 2.33 bits per heavy atom. The van der Waals surface area contributed by atoms with Gasteiger partial charge in [0.2, 0.25) is 0 Å². The molecule has 0 spiro atoms. The van der Waals surface area contributed by atoms with E-state index in [4.69, 9.17) is 5.10 Å². The van der Waals surface area contributed by atoms with E-state index in [1.165, 1.54) is 0 Å². The summed E-state index contributed by atoms with van der Waals surface area (Å²) in [6.07, 6.45) is 5.16. The molecule has 0 bridgehead atoms. The molecule has 1 atom stereocenters. The van der Waals surface area contributed by atoms with Crippen LogP contribution < -0.4 is 16.0 Å². The molecule has 2 heterocycles. The lowest BCUT2D eigenvalue weighted by Gasteiger charge is -2.35. The summed E-state index contributed by atoms with van der Waals surface area (Å²) < 4.78 is 1.78. The van der Waals surface area contributed by atoms with Gasteiger partial charge in [-0.25, -0.2) is 9.48 Å². The first-order valence-corrected chi connectivity index (χ1v) is 14.3. The number of hydrogen-bond acceptors (Lipinski definition) is 4. The Kier molecular flexibility index (Phi) is 7.89. The Morgan fingerprint density at radius 2 is 1.69 bits per heavy atom. The molecule has 0 radical (unpaired) electrons. The van der Waals surface area contributed by atoms with Gasteiger partial charge in [-0.2, -0.15) is 5.10 Å². The quantitative estimate of drug-likeness (QED) is 0.324. The maximum atomic E-state index is 13.5. The van der Waals surface area contributed by atoms with Crippen molar-refractivity contribution in [2.45, 2.75) is 71.1 Å². The lowest BCUT2D eigenvalue weighted by molar-refractivity contribution is -0.128. The first-order chi connectivity index (χ1) is 18.7. The molecule has 7 nitrogen and oxygen atoms in total. The number of anilines is 2. The highest BCUT2D eigenvalue weighted by molar-refractivity contribution is 5.99. The predicted molar refractivity (Wildman–Crippen MR) is 157 cm³/mol. The van der Waals surface area contributed by atoms with Crippen LogP contribution in [0.5, 0.6) is 0 Å². The van der Waals surface area contributed by atoms with Gasteiger partial charge >= 0.3 is 6.03 Å². The van der Waals surface area contributed by atoms with Crippen LogP contribution in [-0.4, -0.2) is 34.7 Å². The molecule has 2 aromatic carbocycles. The van der Waals surface area contributed by atoms with E-state index < -0.39 is 0 Å². The fourth-order valence-corrected chi connectivity index (χ4v) is 5.60. The van der Waals surface area contributed by atoms with E-state index >= 15 is 0 Å². The lowest BCUT2D eigenvalue weighted by Crippen LogP contribution is -2.37. The second-order valence-corrected chi connectivity index (χ2v) is 12.2. The molecule has 2 aliphatic rings. The van der Waals surface area contributed by atoms with Gasteiger partial charge in [-0.1, -0.05) is 57.0 Å². The molecule has 1 aliphatic heterocycles. The summed E-state index contributed by atoms with van der Waals surface area (Å²) in [5, 5.41) is 14.3. The van der Waals surface area contributed by atoms with Gasteiger partial charge in [-0.15, -0.1) is 0 Å². The molecule has 1 aliphatic carbocycles. The number of carbonyl (C=O) groups is 2. The standard InChI is InChI=1S/C32H41N5O2/c1-21-11-13-26(14-12-21)37-28(20-27(36-37)32(2,3)4)35-31(39)34-25-10-6-9-24(19-25)29(22-15-17-33-18-16-22)30(38)23-7-5-8-23/h6,9-14,19-20,22-23,29,33H,5,7-8,15-18H2,1-4H3,(H2,34,35,39). The second-order valence-electron chi connectivity index (χ2n) is 12.2. The van der Waals surface area contributed by atoms with Crippen molar-refractivity contribution in [3.05, 3.63) is 71.4 Å².